The van der Waals surface area contributed by atoms with E-state index >= 15 is 0 Å². The number of unbranched alkanes of at least 4 members (excludes halogenated alkanes) is 1. The van der Waals surface area contributed by atoms with Gasteiger partial charge in [0.25, 0.3) is 5.91 Å². The average Bonchev–Trinajstić information content (AvgIpc) is 3.26. The van der Waals surface area contributed by atoms with Crippen molar-refractivity contribution in [2.24, 2.45) is 0 Å². The van der Waals surface area contributed by atoms with E-state index in [0.717, 1.165) is 42.3 Å². The molecule has 158 valence electrons. The van der Waals surface area contributed by atoms with Crippen LogP contribution in [0.1, 0.15) is 61.5 Å². The molecular formula is C23H28N4O2S. The number of aromatic nitrogens is 1. The van der Waals surface area contributed by atoms with E-state index in [1.807, 2.05) is 30.3 Å². The topological polar surface area (TPSA) is 86.1 Å². The summed E-state index contributed by atoms with van der Waals surface area (Å²) >= 11 is 1.55. The third-order valence-corrected chi connectivity index (χ3v) is 6.56. The Morgan fingerprint density at radius 3 is 2.90 bits per heavy atom. The van der Waals surface area contributed by atoms with E-state index in [1.54, 1.807) is 11.8 Å². The molecule has 3 rings (SSSR count). The van der Waals surface area contributed by atoms with Gasteiger partial charge in [-0.1, -0.05) is 44.9 Å². The molecule has 2 atom stereocenters. The number of rotatable bonds is 8. The van der Waals surface area contributed by atoms with Crippen LogP contribution in [0.2, 0.25) is 0 Å². The van der Waals surface area contributed by atoms with Gasteiger partial charge in [-0.15, -0.1) is 11.8 Å². The van der Waals surface area contributed by atoms with Gasteiger partial charge in [0.05, 0.1) is 29.6 Å². The maximum absolute atomic E-state index is 13.0. The Labute approximate surface area is 182 Å². The Balaban J connectivity index is 1.82. The maximum atomic E-state index is 13.0. The largest absolute Gasteiger partial charge is 0.343 e. The number of carbonyl (C=O) groups excluding carboxylic acids is 2. The predicted molar refractivity (Wildman–Crippen MR) is 120 cm³/mol. The lowest BCUT2D eigenvalue weighted by Gasteiger charge is -2.19. The van der Waals surface area contributed by atoms with Gasteiger partial charge < -0.3 is 10.2 Å². The van der Waals surface area contributed by atoms with Crippen molar-refractivity contribution in [1.29, 1.82) is 5.26 Å². The number of fused-ring (bicyclic) bond motifs is 1. The summed E-state index contributed by atoms with van der Waals surface area (Å²) in [6.07, 6.45) is 4.25. The minimum atomic E-state index is -0.420. The summed E-state index contributed by atoms with van der Waals surface area (Å²) in [5, 5.41) is 12.7. The number of nitriles is 1. The molecule has 0 radical (unpaired) electrons. The van der Waals surface area contributed by atoms with Gasteiger partial charge >= 0.3 is 0 Å². The number of para-hydroxylation sites is 1. The lowest BCUT2D eigenvalue weighted by Crippen LogP contribution is -2.42. The van der Waals surface area contributed by atoms with Crippen molar-refractivity contribution in [2.45, 2.75) is 51.5 Å². The monoisotopic (exact) mass is 424 g/mol. The van der Waals surface area contributed by atoms with Crippen LogP contribution in [0.15, 0.2) is 30.3 Å². The van der Waals surface area contributed by atoms with Crippen molar-refractivity contribution >= 4 is 34.5 Å². The zero-order chi connectivity index (χ0) is 21.5. The van der Waals surface area contributed by atoms with Gasteiger partial charge in [-0.3, -0.25) is 14.6 Å². The molecule has 1 saturated heterocycles. The molecule has 1 N–H and O–H groups in total. The molecule has 30 heavy (non-hydrogen) atoms. The number of pyridine rings is 1. The number of hydrogen-bond acceptors (Lipinski definition) is 5. The molecular weight excluding hydrogens is 396 g/mol. The highest BCUT2D eigenvalue weighted by Crippen LogP contribution is 2.28. The van der Waals surface area contributed by atoms with Crippen molar-refractivity contribution in [3.05, 3.63) is 41.6 Å². The number of carbonyl (C=O) groups is 2. The number of hydrogen-bond donors (Lipinski definition) is 1. The van der Waals surface area contributed by atoms with Crippen LogP contribution < -0.4 is 5.32 Å². The normalized spacial score (nSPS) is 17.0. The highest BCUT2D eigenvalue weighted by Gasteiger charge is 2.29. The van der Waals surface area contributed by atoms with Gasteiger partial charge in [-0.05, 0) is 25.0 Å². The van der Waals surface area contributed by atoms with E-state index in [1.165, 1.54) is 4.90 Å². The summed E-state index contributed by atoms with van der Waals surface area (Å²) in [6, 6.07) is 11.2. The molecule has 1 aliphatic rings. The third-order valence-electron chi connectivity index (χ3n) is 5.55. The third kappa shape index (κ3) is 4.93. The Kier molecular flexibility index (Phi) is 7.69. The molecule has 0 aliphatic carbocycles. The van der Waals surface area contributed by atoms with Crippen LogP contribution >= 0.6 is 11.8 Å². The molecule has 1 unspecified atom stereocenters. The fraction of sp³-hybridized carbons (Fsp3) is 0.478. The number of nitrogens with one attached hydrogen (secondary N) is 1. The highest BCUT2D eigenvalue weighted by molar-refractivity contribution is 7.99. The van der Waals surface area contributed by atoms with Gasteiger partial charge in [-0.2, -0.15) is 5.26 Å². The van der Waals surface area contributed by atoms with Crippen LogP contribution in [0.25, 0.3) is 10.9 Å². The zero-order valence-electron chi connectivity index (χ0n) is 17.6. The molecule has 6 nitrogen and oxygen atoms in total. The van der Waals surface area contributed by atoms with Crippen LogP contribution in [0, 0.1) is 11.3 Å². The summed E-state index contributed by atoms with van der Waals surface area (Å²) < 4.78 is 0. The Morgan fingerprint density at radius 1 is 1.37 bits per heavy atom. The summed E-state index contributed by atoms with van der Waals surface area (Å²) in [4.78, 5) is 31.9. The first-order chi connectivity index (χ1) is 14.6. The minimum absolute atomic E-state index is 0.114. The zero-order valence-corrected chi connectivity index (χ0v) is 18.4. The summed E-state index contributed by atoms with van der Waals surface area (Å²) in [5.41, 5.74) is 2.27. The van der Waals surface area contributed by atoms with E-state index in [0.29, 0.717) is 23.1 Å². The van der Waals surface area contributed by atoms with Crippen molar-refractivity contribution < 1.29 is 9.59 Å². The Morgan fingerprint density at radius 2 is 2.17 bits per heavy atom. The molecule has 1 aromatic carbocycles. The molecule has 1 aromatic heterocycles. The first kappa shape index (κ1) is 22.1. The summed E-state index contributed by atoms with van der Waals surface area (Å²) in [6.45, 7) is 4.21. The number of benzene rings is 1. The second-order valence-electron chi connectivity index (χ2n) is 7.55. The Hall–Kier alpha value is -2.59. The van der Waals surface area contributed by atoms with Crippen molar-refractivity contribution in [3.63, 3.8) is 0 Å². The lowest BCUT2D eigenvalue weighted by molar-refractivity contribution is -0.129. The number of amides is 2. The van der Waals surface area contributed by atoms with E-state index < -0.39 is 6.04 Å². The summed E-state index contributed by atoms with van der Waals surface area (Å²) in [7, 11) is 0. The van der Waals surface area contributed by atoms with Crippen molar-refractivity contribution in [3.8, 4) is 6.07 Å². The molecule has 1 aliphatic heterocycles. The van der Waals surface area contributed by atoms with Crippen LogP contribution in [-0.2, 0) is 4.79 Å². The molecule has 2 amide bonds. The van der Waals surface area contributed by atoms with Crippen LogP contribution in [0.4, 0.5) is 0 Å². The van der Waals surface area contributed by atoms with Gasteiger partial charge in [-0.25, -0.2) is 0 Å². The highest BCUT2D eigenvalue weighted by atomic mass is 32.2. The van der Waals surface area contributed by atoms with Crippen LogP contribution in [0.5, 0.6) is 0 Å². The average molecular weight is 425 g/mol. The van der Waals surface area contributed by atoms with E-state index in [-0.39, 0.29) is 18.4 Å². The van der Waals surface area contributed by atoms with E-state index in [2.05, 4.69) is 25.2 Å². The predicted octanol–water partition coefficient (Wildman–Crippen LogP) is 4.07. The summed E-state index contributed by atoms with van der Waals surface area (Å²) in [5.74, 6) is 0.901. The molecule has 7 heteroatoms. The smallest absolute Gasteiger partial charge is 0.252 e. The standard InChI is InChI=1S/C23H28N4O2S/c1-3-5-8-16(4-2)21-11-19(18-9-6-7-10-20(18)26-21)23(29)25-13-22(28)27-15-30-14-17(27)12-24/h6-7,9-11,16-17H,3-5,8,13-15H2,1-2H3,(H,25,29)/t16?,17-/m1/s1. The fourth-order valence-corrected chi connectivity index (χ4v) is 4.86. The number of thioether (sulfide) groups is 1. The quantitative estimate of drug-likeness (QED) is 0.690. The van der Waals surface area contributed by atoms with E-state index in [9.17, 15) is 14.9 Å². The van der Waals surface area contributed by atoms with E-state index in [4.69, 9.17) is 4.98 Å². The second kappa shape index (κ2) is 10.4. The second-order valence-corrected chi connectivity index (χ2v) is 8.55. The maximum Gasteiger partial charge on any atom is 0.252 e. The van der Waals surface area contributed by atoms with Crippen molar-refractivity contribution in [2.75, 3.05) is 18.2 Å². The van der Waals surface area contributed by atoms with Crippen LogP contribution in [-0.4, -0.2) is 45.9 Å². The van der Waals surface area contributed by atoms with Crippen molar-refractivity contribution in [1.82, 2.24) is 15.2 Å². The molecule has 2 aromatic rings. The first-order valence-electron chi connectivity index (χ1n) is 10.5. The molecule has 0 spiro atoms. The first-order valence-corrected chi connectivity index (χ1v) is 11.7. The van der Waals surface area contributed by atoms with Gasteiger partial charge in [0.1, 0.15) is 6.04 Å². The Bertz CT molecular complexity index is 956. The molecule has 2 heterocycles. The molecule has 0 saturated carbocycles. The minimum Gasteiger partial charge on any atom is -0.343 e. The SMILES string of the molecule is CCCCC(CC)c1cc(C(=O)NCC(=O)N2CSC[C@H]2C#N)c2ccccc2n1. The lowest BCUT2D eigenvalue weighted by atomic mass is 9.93. The fourth-order valence-electron chi connectivity index (χ4n) is 3.75. The number of nitrogens with zero attached hydrogens (tertiary/aromatic N) is 3. The van der Waals surface area contributed by atoms with Gasteiger partial charge in [0.15, 0.2) is 0 Å². The molecule has 0 bridgehead atoms. The van der Waals surface area contributed by atoms with Crippen LogP contribution in [0.3, 0.4) is 0 Å². The molecule has 1 fully saturated rings. The van der Waals surface area contributed by atoms with Gasteiger partial charge in [0, 0.05) is 22.8 Å². The van der Waals surface area contributed by atoms with Gasteiger partial charge in [0.2, 0.25) is 5.91 Å².